The maximum atomic E-state index is 11.5. The molecule has 5 nitrogen and oxygen atoms in total. The Morgan fingerprint density at radius 2 is 1.76 bits per heavy atom. The maximum Gasteiger partial charge on any atom is 0.348 e. The van der Waals surface area contributed by atoms with Crippen molar-refractivity contribution in [3.05, 3.63) is 42.0 Å². The van der Waals surface area contributed by atoms with E-state index in [1.165, 1.54) is 0 Å². The highest BCUT2D eigenvalue weighted by atomic mass is 16.2. The van der Waals surface area contributed by atoms with Gasteiger partial charge in [0.2, 0.25) is 0 Å². The highest BCUT2D eigenvalue weighted by Gasteiger charge is 2.29. The molecular formula is C12H7N3O2. The first-order valence-electron chi connectivity index (χ1n) is 5.04. The molecule has 3 rings (SSSR count). The van der Waals surface area contributed by atoms with E-state index in [1.54, 1.807) is 6.08 Å². The molecule has 1 aromatic carbocycles. The molecule has 3 amide bonds. The maximum absolute atomic E-state index is 11.5. The van der Waals surface area contributed by atoms with Crippen LogP contribution in [0.1, 0.15) is 5.56 Å². The van der Waals surface area contributed by atoms with Crippen molar-refractivity contribution in [2.45, 2.75) is 0 Å². The fourth-order valence-electron chi connectivity index (χ4n) is 1.71. The van der Waals surface area contributed by atoms with Crippen LogP contribution in [0.4, 0.5) is 4.79 Å². The molecule has 0 saturated heterocycles. The normalized spacial score (nSPS) is 18.0. The first-order chi connectivity index (χ1) is 8.24. The van der Waals surface area contributed by atoms with Crippen LogP contribution >= 0.6 is 0 Å². The third-order valence-electron chi connectivity index (χ3n) is 2.48. The fourth-order valence-corrected chi connectivity index (χ4v) is 1.71. The zero-order chi connectivity index (χ0) is 11.8. The molecule has 0 atom stereocenters. The Balaban J connectivity index is 2.08. The average Bonchev–Trinajstić information content (AvgIpc) is 2.74. The minimum atomic E-state index is -0.644. The number of benzene rings is 1. The molecule has 0 aliphatic carbocycles. The second kappa shape index (κ2) is 3.48. The van der Waals surface area contributed by atoms with Crippen molar-refractivity contribution in [3.8, 4) is 0 Å². The summed E-state index contributed by atoms with van der Waals surface area (Å²) in [6, 6.07) is 8.78. The molecule has 2 aliphatic heterocycles. The van der Waals surface area contributed by atoms with Crippen molar-refractivity contribution < 1.29 is 9.59 Å². The largest absolute Gasteiger partial charge is 0.348 e. The van der Waals surface area contributed by atoms with E-state index in [1.807, 2.05) is 30.3 Å². The third-order valence-corrected chi connectivity index (χ3v) is 2.48. The Labute approximate surface area is 96.6 Å². The third kappa shape index (κ3) is 1.57. The molecule has 1 N–H and O–H groups in total. The number of urea groups is 1. The zero-order valence-electron chi connectivity index (χ0n) is 8.68. The Bertz CT molecular complexity index is 612. The molecule has 0 bridgehead atoms. The molecule has 2 aliphatic rings. The lowest BCUT2D eigenvalue weighted by Crippen LogP contribution is -2.41. The Hall–Kier alpha value is -2.56. The van der Waals surface area contributed by atoms with Gasteiger partial charge in [-0.1, -0.05) is 30.3 Å². The minimum Gasteiger partial charge on any atom is -0.271 e. The van der Waals surface area contributed by atoms with Gasteiger partial charge in [0.05, 0.1) is 5.70 Å². The van der Waals surface area contributed by atoms with Crippen LogP contribution in [0.25, 0.3) is 5.70 Å². The van der Waals surface area contributed by atoms with E-state index in [0.717, 1.165) is 5.56 Å². The van der Waals surface area contributed by atoms with Crippen LogP contribution in [0.2, 0.25) is 0 Å². The highest BCUT2D eigenvalue weighted by molar-refractivity contribution is 6.74. The van der Waals surface area contributed by atoms with Gasteiger partial charge in [0.25, 0.3) is 5.91 Å². The summed E-state index contributed by atoms with van der Waals surface area (Å²) < 4.78 is 0. The molecular weight excluding hydrogens is 218 g/mol. The number of carbonyl (C=O) groups is 2. The number of nitrogens with zero attached hydrogens (tertiary/aromatic N) is 2. The van der Waals surface area contributed by atoms with E-state index in [-0.39, 0.29) is 5.71 Å². The van der Waals surface area contributed by atoms with Gasteiger partial charge in [0.15, 0.2) is 5.71 Å². The Morgan fingerprint density at radius 3 is 2.53 bits per heavy atom. The number of allylic oxidation sites excluding steroid dienone is 1. The van der Waals surface area contributed by atoms with E-state index in [4.69, 9.17) is 0 Å². The molecule has 0 saturated carbocycles. The van der Waals surface area contributed by atoms with Gasteiger partial charge in [-0.25, -0.2) is 9.79 Å². The second-order valence-corrected chi connectivity index (χ2v) is 3.61. The summed E-state index contributed by atoms with van der Waals surface area (Å²) >= 11 is 0. The van der Waals surface area contributed by atoms with E-state index in [2.05, 4.69) is 15.3 Å². The number of amides is 3. The minimum absolute atomic E-state index is 0.198. The molecule has 2 heterocycles. The van der Waals surface area contributed by atoms with E-state index < -0.39 is 11.9 Å². The summed E-state index contributed by atoms with van der Waals surface area (Å²) in [5.41, 5.74) is 2.06. The van der Waals surface area contributed by atoms with Gasteiger partial charge in [-0.3, -0.25) is 10.1 Å². The predicted molar refractivity (Wildman–Crippen MR) is 62.8 cm³/mol. The lowest BCUT2D eigenvalue weighted by atomic mass is 10.1. The van der Waals surface area contributed by atoms with Gasteiger partial charge in [0, 0.05) is 5.56 Å². The average molecular weight is 225 g/mol. The number of hydrogen-bond acceptors (Lipinski definition) is 3. The summed E-state index contributed by atoms with van der Waals surface area (Å²) in [4.78, 5) is 30.4. The van der Waals surface area contributed by atoms with Crippen LogP contribution in [0, 0.1) is 0 Å². The molecule has 0 radical (unpaired) electrons. The van der Waals surface area contributed by atoms with Crippen molar-refractivity contribution in [2.75, 3.05) is 0 Å². The van der Waals surface area contributed by atoms with Gasteiger partial charge in [0.1, 0.15) is 5.71 Å². The van der Waals surface area contributed by atoms with Gasteiger partial charge >= 0.3 is 6.03 Å². The van der Waals surface area contributed by atoms with Crippen LogP contribution in [0.15, 0.2) is 46.4 Å². The number of fused-ring (bicyclic) bond motifs is 1. The highest BCUT2D eigenvalue weighted by Crippen LogP contribution is 2.22. The molecule has 0 aromatic heterocycles. The van der Waals surface area contributed by atoms with Gasteiger partial charge < -0.3 is 0 Å². The van der Waals surface area contributed by atoms with Crippen molar-refractivity contribution in [1.82, 2.24) is 5.32 Å². The van der Waals surface area contributed by atoms with Crippen molar-refractivity contribution >= 4 is 29.1 Å². The second-order valence-electron chi connectivity index (χ2n) is 3.61. The number of nitrogens with one attached hydrogen (secondary N) is 1. The first-order valence-corrected chi connectivity index (χ1v) is 5.04. The van der Waals surface area contributed by atoms with Gasteiger partial charge in [-0.2, -0.15) is 4.99 Å². The summed E-state index contributed by atoms with van der Waals surface area (Å²) in [7, 11) is 0. The zero-order valence-corrected chi connectivity index (χ0v) is 8.68. The smallest absolute Gasteiger partial charge is 0.271 e. The molecule has 0 fully saturated rings. The van der Waals surface area contributed by atoms with Crippen molar-refractivity contribution in [3.63, 3.8) is 0 Å². The van der Waals surface area contributed by atoms with Crippen LogP contribution in [-0.4, -0.2) is 23.4 Å². The summed E-state index contributed by atoms with van der Waals surface area (Å²) in [5.74, 6) is -0.498. The lowest BCUT2D eigenvalue weighted by molar-refractivity contribution is -0.113. The quantitative estimate of drug-likeness (QED) is 0.779. The summed E-state index contributed by atoms with van der Waals surface area (Å²) in [6.07, 6.45) is 1.64. The summed E-state index contributed by atoms with van der Waals surface area (Å²) in [6.45, 7) is 0. The molecule has 5 heteroatoms. The molecule has 82 valence electrons. The number of rotatable bonds is 1. The van der Waals surface area contributed by atoms with Crippen LogP contribution in [0.3, 0.4) is 0 Å². The molecule has 1 aromatic rings. The van der Waals surface area contributed by atoms with Crippen LogP contribution < -0.4 is 5.32 Å². The Kier molecular flexibility index (Phi) is 1.98. The van der Waals surface area contributed by atoms with E-state index >= 15 is 0 Å². The van der Waals surface area contributed by atoms with E-state index in [0.29, 0.717) is 11.4 Å². The fraction of sp³-hybridized carbons (Fsp3) is 0. The predicted octanol–water partition coefficient (Wildman–Crippen LogP) is 1.17. The van der Waals surface area contributed by atoms with Gasteiger partial charge in [-0.15, -0.1) is 0 Å². The number of imide groups is 1. The van der Waals surface area contributed by atoms with E-state index in [9.17, 15) is 9.59 Å². The monoisotopic (exact) mass is 225 g/mol. The number of carbonyl (C=O) groups excluding carboxylic acids is 2. The lowest BCUT2D eigenvalue weighted by Gasteiger charge is -2.06. The van der Waals surface area contributed by atoms with Gasteiger partial charge in [-0.05, 0) is 6.08 Å². The summed E-state index contributed by atoms with van der Waals surface area (Å²) in [5, 5.41) is 2.09. The Morgan fingerprint density at radius 1 is 1.00 bits per heavy atom. The molecule has 0 unspecified atom stereocenters. The number of hydrogen-bond donors (Lipinski definition) is 1. The SMILES string of the molecule is O=C1N=C2C=C(c3ccccc3)N=C2C(=O)N1. The standard InChI is InChI=1S/C12H7N3O2/c16-11-10-9(14-12(17)15-11)6-8(13-10)7-4-2-1-3-5-7/h1-6H,(H,15,16,17). The molecule has 17 heavy (non-hydrogen) atoms. The van der Waals surface area contributed by atoms with Crippen molar-refractivity contribution in [2.24, 2.45) is 9.98 Å². The first kappa shape index (κ1) is 9.65. The molecule has 0 spiro atoms. The van der Waals surface area contributed by atoms with Crippen molar-refractivity contribution in [1.29, 1.82) is 0 Å². The topological polar surface area (TPSA) is 70.9 Å². The van der Waals surface area contributed by atoms with Crippen LogP contribution in [0.5, 0.6) is 0 Å². The van der Waals surface area contributed by atoms with Crippen LogP contribution in [-0.2, 0) is 4.79 Å². The number of aliphatic imine (C=N–C) groups is 2.